The van der Waals surface area contributed by atoms with Crippen molar-refractivity contribution in [1.29, 1.82) is 0 Å². The molecule has 94 valence electrons. The van der Waals surface area contributed by atoms with Gasteiger partial charge in [-0.05, 0) is 12.1 Å². The van der Waals surface area contributed by atoms with Gasteiger partial charge in [0.1, 0.15) is 18.3 Å². The van der Waals surface area contributed by atoms with Gasteiger partial charge in [-0.3, -0.25) is 5.48 Å². The fraction of sp³-hybridized carbons (Fsp3) is 0.455. The number of aliphatic hydroxyl groups is 3. The Hall–Kier alpha value is -1.18. The minimum absolute atomic E-state index is 0.0840. The number of benzene rings is 1. The first-order valence-electron chi connectivity index (χ1n) is 5.31. The predicted molar refractivity (Wildman–Crippen MR) is 58.9 cm³/mol. The number of para-hydroxylation sites is 1. The second kappa shape index (κ2) is 5.44. The molecule has 1 heterocycles. The standard InChI is InChI=1S/C11H15NO5/c13-8-6-16-11(10(15)9(8)14)17-12-7-4-2-1-3-5-7/h1-5,8-15H,6H2/t8-,9+,10-,11-/m1/s1. The molecule has 0 amide bonds. The summed E-state index contributed by atoms with van der Waals surface area (Å²) in [5, 5.41) is 28.3. The number of ether oxygens (including phenoxy) is 1. The van der Waals surface area contributed by atoms with E-state index in [4.69, 9.17) is 9.57 Å². The summed E-state index contributed by atoms with van der Waals surface area (Å²) in [4.78, 5) is 5.11. The molecule has 0 bridgehead atoms. The third kappa shape index (κ3) is 2.93. The number of aliphatic hydroxyl groups excluding tert-OH is 3. The van der Waals surface area contributed by atoms with Crippen molar-refractivity contribution in [1.82, 2.24) is 0 Å². The average Bonchev–Trinajstić information content (AvgIpc) is 2.36. The number of nitrogens with one attached hydrogen (secondary N) is 1. The van der Waals surface area contributed by atoms with Crippen molar-refractivity contribution >= 4 is 5.69 Å². The van der Waals surface area contributed by atoms with Crippen LogP contribution in [-0.4, -0.2) is 46.5 Å². The summed E-state index contributed by atoms with van der Waals surface area (Å²) in [6.45, 7) is -0.0840. The van der Waals surface area contributed by atoms with E-state index in [1.807, 2.05) is 18.2 Å². The van der Waals surface area contributed by atoms with E-state index in [0.29, 0.717) is 5.69 Å². The van der Waals surface area contributed by atoms with Crippen LogP contribution in [0, 0.1) is 0 Å². The third-order valence-electron chi connectivity index (χ3n) is 2.52. The fourth-order valence-electron chi connectivity index (χ4n) is 1.52. The van der Waals surface area contributed by atoms with Crippen LogP contribution < -0.4 is 5.48 Å². The summed E-state index contributed by atoms with van der Waals surface area (Å²) in [7, 11) is 0. The molecule has 1 aliphatic rings. The highest BCUT2D eigenvalue weighted by Gasteiger charge is 2.38. The van der Waals surface area contributed by atoms with Crippen molar-refractivity contribution in [2.45, 2.75) is 24.6 Å². The maximum atomic E-state index is 9.59. The first kappa shape index (κ1) is 12.3. The molecule has 0 aliphatic carbocycles. The Balaban J connectivity index is 1.87. The molecule has 1 fully saturated rings. The zero-order chi connectivity index (χ0) is 12.3. The highest BCUT2D eigenvalue weighted by Crippen LogP contribution is 2.17. The number of rotatable bonds is 3. The highest BCUT2D eigenvalue weighted by molar-refractivity contribution is 5.40. The van der Waals surface area contributed by atoms with E-state index in [-0.39, 0.29) is 6.61 Å². The monoisotopic (exact) mass is 241 g/mol. The van der Waals surface area contributed by atoms with Gasteiger partial charge in [-0.1, -0.05) is 18.2 Å². The quantitative estimate of drug-likeness (QED) is 0.532. The van der Waals surface area contributed by atoms with Crippen LogP contribution >= 0.6 is 0 Å². The summed E-state index contributed by atoms with van der Waals surface area (Å²) in [6.07, 6.45) is -4.68. The van der Waals surface area contributed by atoms with Gasteiger partial charge in [-0.15, -0.1) is 0 Å². The van der Waals surface area contributed by atoms with Crippen molar-refractivity contribution in [3.8, 4) is 0 Å². The Bertz CT molecular complexity index is 347. The van der Waals surface area contributed by atoms with Crippen LogP contribution in [0.1, 0.15) is 0 Å². The van der Waals surface area contributed by atoms with Crippen molar-refractivity contribution in [2.24, 2.45) is 0 Å². The lowest BCUT2D eigenvalue weighted by Gasteiger charge is -2.34. The molecule has 2 rings (SSSR count). The molecular weight excluding hydrogens is 226 g/mol. The van der Waals surface area contributed by atoms with E-state index in [9.17, 15) is 15.3 Å². The van der Waals surface area contributed by atoms with Gasteiger partial charge in [-0.25, -0.2) is 4.84 Å². The molecule has 1 aromatic rings. The van der Waals surface area contributed by atoms with Gasteiger partial charge in [0, 0.05) is 0 Å². The SMILES string of the molecule is O[C@@H]1[C@@H](O)[C@@H](ONc2ccccc2)OC[C@H]1O. The molecule has 0 spiro atoms. The summed E-state index contributed by atoms with van der Waals surface area (Å²) in [5.41, 5.74) is 3.30. The van der Waals surface area contributed by atoms with Gasteiger partial charge in [0.15, 0.2) is 0 Å². The van der Waals surface area contributed by atoms with Crippen LogP contribution in [0.5, 0.6) is 0 Å². The molecule has 6 nitrogen and oxygen atoms in total. The van der Waals surface area contributed by atoms with Crippen molar-refractivity contribution in [3.63, 3.8) is 0 Å². The molecular formula is C11H15NO5. The number of hydrogen-bond acceptors (Lipinski definition) is 6. The second-order valence-corrected chi connectivity index (χ2v) is 3.84. The first-order chi connectivity index (χ1) is 8.18. The minimum Gasteiger partial charge on any atom is -0.388 e. The molecule has 0 aromatic heterocycles. The molecule has 1 saturated heterocycles. The number of hydrogen-bond donors (Lipinski definition) is 4. The van der Waals surface area contributed by atoms with Crippen molar-refractivity contribution in [2.75, 3.05) is 12.1 Å². The average molecular weight is 241 g/mol. The molecule has 6 heteroatoms. The smallest absolute Gasteiger partial charge is 0.212 e. The zero-order valence-corrected chi connectivity index (χ0v) is 9.06. The topological polar surface area (TPSA) is 91.2 Å². The molecule has 4 atom stereocenters. The van der Waals surface area contributed by atoms with Crippen LogP contribution in [0.15, 0.2) is 30.3 Å². The van der Waals surface area contributed by atoms with Crippen LogP contribution in [-0.2, 0) is 9.57 Å². The lowest BCUT2D eigenvalue weighted by molar-refractivity contribution is -0.261. The normalized spacial score (nSPS) is 33.4. The molecule has 4 N–H and O–H groups in total. The lowest BCUT2D eigenvalue weighted by atomic mass is 10.1. The van der Waals surface area contributed by atoms with E-state index in [1.54, 1.807) is 12.1 Å². The second-order valence-electron chi connectivity index (χ2n) is 3.84. The first-order valence-corrected chi connectivity index (χ1v) is 5.31. The molecule has 0 radical (unpaired) electrons. The summed E-state index contributed by atoms with van der Waals surface area (Å²) >= 11 is 0. The number of anilines is 1. The van der Waals surface area contributed by atoms with E-state index in [2.05, 4.69) is 5.48 Å². The van der Waals surface area contributed by atoms with E-state index >= 15 is 0 Å². The Morgan fingerprint density at radius 2 is 1.82 bits per heavy atom. The van der Waals surface area contributed by atoms with Crippen molar-refractivity contribution < 1.29 is 24.9 Å². The van der Waals surface area contributed by atoms with E-state index in [1.165, 1.54) is 0 Å². The molecule has 0 unspecified atom stereocenters. The summed E-state index contributed by atoms with van der Waals surface area (Å²) < 4.78 is 5.05. The maximum absolute atomic E-state index is 9.59. The molecule has 1 aromatic carbocycles. The lowest BCUT2D eigenvalue weighted by Crippen LogP contribution is -2.54. The van der Waals surface area contributed by atoms with Crippen LogP contribution in [0.25, 0.3) is 0 Å². The largest absolute Gasteiger partial charge is 0.388 e. The Kier molecular flexibility index (Phi) is 3.93. The third-order valence-corrected chi connectivity index (χ3v) is 2.52. The van der Waals surface area contributed by atoms with Gasteiger partial charge >= 0.3 is 0 Å². The Labute approximate surface area is 98.4 Å². The van der Waals surface area contributed by atoms with Crippen molar-refractivity contribution in [3.05, 3.63) is 30.3 Å². The van der Waals surface area contributed by atoms with Gasteiger partial charge in [0.05, 0.1) is 12.3 Å². The van der Waals surface area contributed by atoms with E-state index < -0.39 is 24.6 Å². The van der Waals surface area contributed by atoms with Gasteiger partial charge in [0.25, 0.3) is 0 Å². The maximum Gasteiger partial charge on any atom is 0.212 e. The molecule has 0 saturated carbocycles. The Morgan fingerprint density at radius 3 is 2.53 bits per heavy atom. The predicted octanol–water partition coefficient (Wildman–Crippen LogP) is -0.531. The summed E-state index contributed by atoms with van der Waals surface area (Å²) in [6, 6.07) is 9.06. The Morgan fingerprint density at radius 1 is 1.12 bits per heavy atom. The molecule has 1 aliphatic heterocycles. The van der Waals surface area contributed by atoms with Gasteiger partial charge in [0.2, 0.25) is 6.29 Å². The highest BCUT2D eigenvalue weighted by atomic mass is 16.8. The molecule has 17 heavy (non-hydrogen) atoms. The van der Waals surface area contributed by atoms with Gasteiger partial charge in [-0.2, -0.15) is 0 Å². The minimum atomic E-state index is -1.30. The van der Waals surface area contributed by atoms with Gasteiger partial charge < -0.3 is 20.1 Å². The fourth-order valence-corrected chi connectivity index (χ4v) is 1.52. The van der Waals surface area contributed by atoms with Crippen LogP contribution in [0.4, 0.5) is 5.69 Å². The zero-order valence-electron chi connectivity index (χ0n) is 9.06. The summed E-state index contributed by atoms with van der Waals surface area (Å²) in [5.74, 6) is 0. The van der Waals surface area contributed by atoms with Crippen LogP contribution in [0.2, 0.25) is 0 Å². The van der Waals surface area contributed by atoms with E-state index in [0.717, 1.165) is 0 Å². The van der Waals surface area contributed by atoms with Crippen LogP contribution in [0.3, 0.4) is 0 Å².